The van der Waals surface area contributed by atoms with Crippen molar-refractivity contribution in [3.8, 4) is 0 Å². The first-order valence-electron chi connectivity index (χ1n) is 6.00. The van der Waals surface area contributed by atoms with Gasteiger partial charge in [0, 0.05) is 0 Å². The van der Waals surface area contributed by atoms with E-state index < -0.39 is 61.5 Å². The van der Waals surface area contributed by atoms with Crippen molar-refractivity contribution in [1.29, 1.82) is 0 Å². The van der Waals surface area contributed by atoms with Crippen molar-refractivity contribution in [3.05, 3.63) is 0 Å². The predicted octanol–water partition coefficient (Wildman–Crippen LogP) is -1.92. The number of rotatable bonds is 1. The van der Waals surface area contributed by atoms with Gasteiger partial charge in [0.25, 0.3) is 0 Å². The maximum absolute atomic E-state index is 11.4. The topological polar surface area (TPSA) is 146 Å². The standard InChI is InChI=1S/C11H12O10/c12-6-1-2-7(13)19-10(16,5-18-6)11(17)20-8(14)3-4-9(15)21-11/h16-17H,1-5H2. The molecular formula is C11H12O10. The first-order chi connectivity index (χ1) is 9.74. The van der Waals surface area contributed by atoms with Gasteiger partial charge in [-0.3, -0.25) is 19.2 Å². The molecule has 0 saturated carbocycles. The van der Waals surface area contributed by atoms with Crippen LogP contribution in [0.1, 0.15) is 25.7 Å². The molecule has 116 valence electrons. The quantitative estimate of drug-likeness (QED) is 0.415. The summed E-state index contributed by atoms with van der Waals surface area (Å²) in [6.45, 7) is -1.07. The Hall–Kier alpha value is -2.20. The van der Waals surface area contributed by atoms with Crippen molar-refractivity contribution >= 4 is 23.9 Å². The average molecular weight is 304 g/mol. The second-order valence-corrected chi connectivity index (χ2v) is 4.45. The Labute approximate surface area is 117 Å². The minimum atomic E-state index is -3.30. The number of cyclic esters (lactones) is 4. The van der Waals surface area contributed by atoms with Gasteiger partial charge < -0.3 is 29.2 Å². The number of carbonyl (C=O) groups excluding carboxylic acids is 4. The van der Waals surface area contributed by atoms with Crippen LogP contribution in [0.15, 0.2) is 0 Å². The molecule has 0 bridgehead atoms. The van der Waals surface area contributed by atoms with Crippen LogP contribution in [0.25, 0.3) is 0 Å². The molecule has 0 aromatic rings. The van der Waals surface area contributed by atoms with Crippen LogP contribution in [0.3, 0.4) is 0 Å². The minimum Gasteiger partial charge on any atom is -0.458 e. The largest absolute Gasteiger partial charge is 0.458 e. The Kier molecular flexibility index (Phi) is 3.83. The summed E-state index contributed by atoms with van der Waals surface area (Å²) in [5.74, 6) is -10.4. The fourth-order valence-electron chi connectivity index (χ4n) is 1.67. The maximum atomic E-state index is 11.4. The van der Waals surface area contributed by atoms with E-state index in [1.54, 1.807) is 0 Å². The lowest BCUT2D eigenvalue weighted by molar-refractivity contribution is -0.446. The van der Waals surface area contributed by atoms with Gasteiger partial charge in [-0.25, -0.2) is 0 Å². The van der Waals surface area contributed by atoms with Crippen LogP contribution in [0.5, 0.6) is 0 Å². The highest BCUT2D eigenvalue weighted by Crippen LogP contribution is 2.32. The highest BCUT2D eigenvalue weighted by molar-refractivity contribution is 5.80. The molecule has 2 N–H and O–H groups in total. The van der Waals surface area contributed by atoms with E-state index in [1.807, 2.05) is 0 Å². The van der Waals surface area contributed by atoms with Crippen molar-refractivity contribution in [2.75, 3.05) is 6.61 Å². The van der Waals surface area contributed by atoms with Crippen molar-refractivity contribution in [2.24, 2.45) is 0 Å². The Morgan fingerprint density at radius 1 is 0.714 bits per heavy atom. The van der Waals surface area contributed by atoms with Gasteiger partial charge in [-0.1, -0.05) is 0 Å². The highest BCUT2D eigenvalue weighted by Gasteiger charge is 2.63. The average Bonchev–Trinajstić information content (AvgIpc) is 2.52. The molecule has 10 heteroatoms. The molecule has 0 spiro atoms. The zero-order valence-corrected chi connectivity index (χ0v) is 10.7. The summed E-state index contributed by atoms with van der Waals surface area (Å²) >= 11 is 0. The summed E-state index contributed by atoms with van der Waals surface area (Å²) in [6, 6.07) is 0. The number of hydrogen-bond acceptors (Lipinski definition) is 10. The maximum Gasteiger partial charge on any atom is 0.447 e. The van der Waals surface area contributed by atoms with E-state index >= 15 is 0 Å². The Balaban J connectivity index is 2.32. The van der Waals surface area contributed by atoms with E-state index in [2.05, 4.69) is 18.9 Å². The Morgan fingerprint density at radius 3 is 1.67 bits per heavy atom. The van der Waals surface area contributed by atoms with Crippen molar-refractivity contribution in [3.63, 3.8) is 0 Å². The van der Waals surface area contributed by atoms with E-state index in [-0.39, 0.29) is 6.42 Å². The highest BCUT2D eigenvalue weighted by atomic mass is 16.9. The summed E-state index contributed by atoms with van der Waals surface area (Å²) in [7, 11) is 0. The molecule has 21 heavy (non-hydrogen) atoms. The fourth-order valence-corrected chi connectivity index (χ4v) is 1.67. The number of hydrogen-bond donors (Lipinski definition) is 2. The SMILES string of the molecule is O=C1CCC(=O)OC(O)(C2(O)OC(=O)CCC(=O)O2)CO1. The van der Waals surface area contributed by atoms with Gasteiger partial charge in [0.1, 0.15) is 0 Å². The van der Waals surface area contributed by atoms with Gasteiger partial charge in [0.15, 0.2) is 6.61 Å². The van der Waals surface area contributed by atoms with Crippen LogP contribution in [0, 0.1) is 0 Å². The van der Waals surface area contributed by atoms with Gasteiger partial charge in [-0.05, 0) is 0 Å². The number of carbonyl (C=O) groups is 4. The molecule has 0 aliphatic carbocycles. The molecular weight excluding hydrogens is 292 g/mol. The third-order valence-electron chi connectivity index (χ3n) is 2.78. The Morgan fingerprint density at radius 2 is 1.14 bits per heavy atom. The third-order valence-corrected chi connectivity index (χ3v) is 2.78. The number of aliphatic hydroxyl groups is 2. The molecule has 0 radical (unpaired) electrons. The molecule has 0 aromatic heterocycles. The first kappa shape index (κ1) is 15.2. The zero-order chi connectivity index (χ0) is 15.7. The minimum absolute atomic E-state index is 0.285. The molecule has 1 atom stereocenters. The summed E-state index contributed by atoms with van der Waals surface area (Å²) in [4.78, 5) is 45.4. The van der Waals surface area contributed by atoms with Crippen LogP contribution >= 0.6 is 0 Å². The van der Waals surface area contributed by atoms with Gasteiger partial charge in [-0.15, -0.1) is 0 Å². The fraction of sp³-hybridized carbons (Fsp3) is 0.636. The Bertz CT molecular complexity index is 479. The number of ether oxygens (including phenoxy) is 4. The molecule has 2 heterocycles. The van der Waals surface area contributed by atoms with Gasteiger partial charge in [-0.2, -0.15) is 0 Å². The van der Waals surface area contributed by atoms with E-state index in [4.69, 9.17) is 0 Å². The lowest BCUT2D eigenvalue weighted by Crippen LogP contribution is -2.64. The first-order valence-corrected chi connectivity index (χ1v) is 6.00. The van der Waals surface area contributed by atoms with E-state index in [1.165, 1.54) is 0 Å². The number of esters is 4. The predicted molar refractivity (Wildman–Crippen MR) is 57.6 cm³/mol. The second-order valence-electron chi connectivity index (χ2n) is 4.45. The lowest BCUT2D eigenvalue weighted by atomic mass is 10.2. The molecule has 10 nitrogen and oxygen atoms in total. The molecule has 0 aromatic carbocycles. The van der Waals surface area contributed by atoms with Crippen LogP contribution in [-0.4, -0.2) is 52.5 Å². The molecule has 2 rings (SSSR count). The van der Waals surface area contributed by atoms with Crippen LogP contribution in [-0.2, 0) is 38.1 Å². The van der Waals surface area contributed by atoms with E-state index in [9.17, 15) is 29.4 Å². The zero-order valence-electron chi connectivity index (χ0n) is 10.7. The molecule has 2 saturated heterocycles. The third kappa shape index (κ3) is 3.11. The van der Waals surface area contributed by atoms with Crippen LogP contribution < -0.4 is 0 Å². The van der Waals surface area contributed by atoms with Crippen LogP contribution in [0.4, 0.5) is 0 Å². The van der Waals surface area contributed by atoms with Gasteiger partial charge >= 0.3 is 35.6 Å². The smallest absolute Gasteiger partial charge is 0.447 e. The van der Waals surface area contributed by atoms with Gasteiger partial charge in [0.2, 0.25) is 0 Å². The van der Waals surface area contributed by atoms with E-state index in [0.29, 0.717) is 0 Å². The summed E-state index contributed by atoms with van der Waals surface area (Å²) in [5, 5.41) is 20.3. The van der Waals surface area contributed by atoms with E-state index in [0.717, 1.165) is 0 Å². The molecule has 1 unspecified atom stereocenters. The van der Waals surface area contributed by atoms with Gasteiger partial charge in [0.05, 0.1) is 25.7 Å². The summed E-state index contributed by atoms with van der Waals surface area (Å²) in [6.07, 6.45) is -1.51. The summed E-state index contributed by atoms with van der Waals surface area (Å²) in [5.41, 5.74) is 0. The second kappa shape index (κ2) is 5.30. The molecule has 0 amide bonds. The van der Waals surface area contributed by atoms with Crippen LogP contribution in [0.2, 0.25) is 0 Å². The molecule has 2 aliphatic heterocycles. The van der Waals surface area contributed by atoms with Crippen molar-refractivity contribution in [1.82, 2.24) is 0 Å². The normalized spacial score (nSPS) is 30.0. The molecule has 2 aliphatic rings. The van der Waals surface area contributed by atoms with Crippen molar-refractivity contribution in [2.45, 2.75) is 37.4 Å². The molecule has 2 fully saturated rings. The summed E-state index contributed by atoms with van der Waals surface area (Å²) < 4.78 is 18.0. The monoisotopic (exact) mass is 304 g/mol. The lowest BCUT2D eigenvalue weighted by Gasteiger charge is -2.38. The van der Waals surface area contributed by atoms with Crippen molar-refractivity contribution < 1.29 is 48.3 Å².